The molecule has 19 heavy (non-hydrogen) atoms. The summed E-state index contributed by atoms with van der Waals surface area (Å²) in [7, 11) is 3.58. The normalized spacial score (nSPS) is 10.5. The Morgan fingerprint density at radius 3 is 2.63 bits per heavy atom. The van der Waals surface area contributed by atoms with E-state index in [0.717, 1.165) is 37.5 Å². The van der Waals surface area contributed by atoms with Crippen LogP contribution in [0.4, 0.5) is 0 Å². The number of ether oxygens (including phenoxy) is 3. The molecule has 0 fully saturated rings. The van der Waals surface area contributed by atoms with Crippen molar-refractivity contribution in [1.82, 2.24) is 5.32 Å². The molecule has 0 heterocycles. The lowest BCUT2D eigenvalue weighted by molar-refractivity contribution is 0.0970. The van der Waals surface area contributed by atoms with Crippen molar-refractivity contribution >= 4 is 0 Å². The summed E-state index contributed by atoms with van der Waals surface area (Å²) in [6.45, 7) is 4.93. The fraction of sp³-hybridized carbons (Fsp3) is 0.600. The highest BCUT2D eigenvalue weighted by Crippen LogP contribution is 2.27. The number of hydrogen-bond donors (Lipinski definition) is 1. The molecule has 0 amide bonds. The summed E-state index contributed by atoms with van der Waals surface area (Å²) in [6.07, 6.45) is 2.25. The second-order valence-electron chi connectivity index (χ2n) is 4.33. The van der Waals surface area contributed by atoms with Gasteiger partial charge in [0.15, 0.2) is 11.5 Å². The Balaban J connectivity index is 2.40. The molecule has 0 aliphatic carbocycles. The lowest BCUT2D eigenvalue weighted by Crippen LogP contribution is -2.09. The maximum Gasteiger partial charge on any atom is 0.161 e. The minimum absolute atomic E-state index is 0.547. The Morgan fingerprint density at radius 1 is 1.11 bits per heavy atom. The highest BCUT2D eigenvalue weighted by atomic mass is 16.5. The van der Waals surface area contributed by atoms with Gasteiger partial charge in [0.25, 0.3) is 0 Å². The number of unbranched alkanes of at least 4 members (excludes halogenated alkanes) is 1. The Hall–Kier alpha value is -1.26. The van der Waals surface area contributed by atoms with E-state index in [0.29, 0.717) is 13.2 Å². The molecule has 4 nitrogen and oxygen atoms in total. The van der Waals surface area contributed by atoms with Gasteiger partial charge in [0.2, 0.25) is 0 Å². The van der Waals surface area contributed by atoms with E-state index in [1.54, 1.807) is 7.11 Å². The Labute approximate surface area is 116 Å². The fourth-order valence-corrected chi connectivity index (χ4v) is 1.70. The van der Waals surface area contributed by atoms with Gasteiger partial charge in [-0.3, -0.25) is 0 Å². The van der Waals surface area contributed by atoms with Crippen LogP contribution in [0.1, 0.15) is 25.3 Å². The molecule has 0 aliphatic rings. The first-order valence-electron chi connectivity index (χ1n) is 6.83. The van der Waals surface area contributed by atoms with E-state index in [1.165, 1.54) is 5.56 Å². The second-order valence-corrected chi connectivity index (χ2v) is 4.33. The van der Waals surface area contributed by atoms with Gasteiger partial charge in [-0.05, 0) is 31.2 Å². The van der Waals surface area contributed by atoms with Gasteiger partial charge in [-0.25, -0.2) is 0 Å². The minimum atomic E-state index is 0.547. The van der Waals surface area contributed by atoms with Crippen molar-refractivity contribution in [3.63, 3.8) is 0 Å². The number of hydrogen-bond acceptors (Lipinski definition) is 4. The zero-order valence-corrected chi connectivity index (χ0v) is 12.2. The maximum absolute atomic E-state index is 5.67. The molecule has 0 bridgehead atoms. The third-order valence-corrected chi connectivity index (χ3v) is 2.74. The zero-order valence-electron chi connectivity index (χ0n) is 12.2. The monoisotopic (exact) mass is 267 g/mol. The van der Waals surface area contributed by atoms with Crippen LogP contribution in [0.25, 0.3) is 0 Å². The van der Waals surface area contributed by atoms with Gasteiger partial charge in [0.05, 0.1) is 13.7 Å². The van der Waals surface area contributed by atoms with Crippen LogP contribution in [-0.4, -0.2) is 34.0 Å². The second kappa shape index (κ2) is 9.64. The lowest BCUT2D eigenvalue weighted by Gasteiger charge is -2.12. The summed E-state index contributed by atoms with van der Waals surface area (Å²) in [5.41, 5.74) is 1.17. The molecular formula is C15H25NO3. The first kappa shape index (κ1) is 15.8. The smallest absolute Gasteiger partial charge is 0.161 e. The van der Waals surface area contributed by atoms with Gasteiger partial charge in [-0.2, -0.15) is 0 Å². The lowest BCUT2D eigenvalue weighted by atomic mass is 10.2. The Bertz CT molecular complexity index is 355. The minimum Gasteiger partial charge on any atom is -0.493 e. The quantitative estimate of drug-likeness (QED) is 0.661. The molecule has 1 aromatic carbocycles. The number of nitrogens with one attached hydrogen (secondary N) is 1. The largest absolute Gasteiger partial charge is 0.493 e. The van der Waals surface area contributed by atoms with Crippen LogP contribution in [0.5, 0.6) is 11.5 Å². The van der Waals surface area contributed by atoms with Crippen molar-refractivity contribution < 1.29 is 14.2 Å². The summed E-state index contributed by atoms with van der Waals surface area (Å²) in [4.78, 5) is 0. The van der Waals surface area contributed by atoms with E-state index in [-0.39, 0.29) is 0 Å². The predicted octanol–water partition coefficient (Wildman–Crippen LogP) is 2.61. The summed E-state index contributed by atoms with van der Waals surface area (Å²) in [5, 5.41) is 3.11. The summed E-state index contributed by atoms with van der Waals surface area (Å²) < 4.78 is 16.5. The molecule has 0 saturated carbocycles. The van der Waals surface area contributed by atoms with Gasteiger partial charge < -0.3 is 19.5 Å². The van der Waals surface area contributed by atoms with Gasteiger partial charge in [0, 0.05) is 13.2 Å². The van der Waals surface area contributed by atoms with Gasteiger partial charge in [-0.1, -0.05) is 19.4 Å². The molecule has 0 aliphatic heterocycles. The van der Waals surface area contributed by atoms with Crippen molar-refractivity contribution in [2.45, 2.75) is 26.3 Å². The van der Waals surface area contributed by atoms with Gasteiger partial charge >= 0.3 is 0 Å². The summed E-state index contributed by atoms with van der Waals surface area (Å²) in [5.74, 6) is 1.53. The van der Waals surface area contributed by atoms with E-state index in [4.69, 9.17) is 14.2 Å². The Morgan fingerprint density at radius 2 is 1.95 bits per heavy atom. The topological polar surface area (TPSA) is 39.7 Å². The summed E-state index contributed by atoms with van der Waals surface area (Å²) in [6, 6.07) is 5.97. The molecule has 1 aromatic rings. The van der Waals surface area contributed by atoms with E-state index < -0.39 is 0 Å². The standard InChI is InChI=1S/C15H25NO3/c1-4-5-8-18-9-10-19-14-7-6-13(12-16-2)11-15(14)17-3/h6-7,11,16H,4-5,8-10,12H2,1-3H3. The zero-order chi connectivity index (χ0) is 13.9. The van der Waals surface area contributed by atoms with Crippen LogP contribution in [0.15, 0.2) is 18.2 Å². The molecule has 1 N–H and O–H groups in total. The summed E-state index contributed by atoms with van der Waals surface area (Å²) >= 11 is 0. The van der Waals surface area contributed by atoms with Gasteiger partial charge in [0.1, 0.15) is 6.61 Å². The van der Waals surface area contributed by atoms with Crippen LogP contribution < -0.4 is 14.8 Å². The fourth-order valence-electron chi connectivity index (χ4n) is 1.70. The number of methoxy groups -OCH3 is 1. The van der Waals surface area contributed by atoms with Crippen molar-refractivity contribution in [3.8, 4) is 11.5 Å². The van der Waals surface area contributed by atoms with Crippen LogP contribution in [-0.2, 0) is 11.3 Å². The highest BCUT2D eigenvalue weighted by molar-refractivity contribution is 5.42. The first-order chi connectivity index (χ1) is 9.31. The SMILES string of the molecule is CCCCOCCOc1ccc(CNC)cc1OC. The number of benzene rings is 1. The van der Waals surface area contributed by atoms with E-state index in [9.17, 15) is 0 Å². The molecule has 0 atom stereocenters. The molecular weight excluding hydrogens is 242 g/mol. The molecule has 108 valence electrons. The van der Waals surface area contributed by atoms with Crippen LogP contribution in [0.3, 0.4) is 0 Å². The molecule has 0 unspecified atom stereocenters. The van der Waals surface area contributed by atoms with Crippen molar-refractivity contribution in [1.29, 1.82) is 0 Å². The highest BCUT2D eigenvalue weighted by Gasteiger charge is 2.05. The van der Waals surface area contributed by atoms with Crippen molar-refractivity contribution in [3.05, 3.63) is 23.8 Å². The van der Waals surface area contributed by atoms with Crippen LogP contribution in [0, 0.1) is 0 Å². The van der Waals surface area contributed by atoms with E-state index in [1.807, 2.05) is 25.2 Å². The maximum atomic E-state index is 5.67. The third-order valence-electron chi connectivity index (χ3n) is 2.74. The van der Waals surface area contributed by atoms with Crippen LogP contribution in [0.2, 0.25) is 0 Å². The van der Waals surface area contributed by atoms with E-state index in [2.05, 4.69) is 12.2 Å². The Kier molecular flexibility index (Phi) is 8.02. The van der Waals surface area contributed by atoms with Gasteiger partial charge in [-0.15, -0.1) is 0 Å². The first-order valence-corrected chi connectivity index (χ1v) is 6.83. The predicted molar refractivity (Wildman–Crippen MR) is 77.0 cm³/mol. The average molecular weight is 267 g/mol. The molecule has 0 saturated heterocycles. The third kappa shape index (κ3) is 5.94. The molecule has 0 aromatic heterocycles. The molecule has 4 heteroatoms. The van der Waals surface area contributed by atoms with Crippen LogP contribution >= 0.6 is 0 Å². The molecule has 0 spiro atoms. The van der Waals surface area contributed by atoms with Crippen molar-refractivity contribution in [2.75, 3.05) is 34.0 Å². The molecule has 1 rings (SSSR count). The average Bonchev–Trinajstić information content (AvgIpc) is 2.44. The molecule has 0 radical (unpaired) electrons. The van der Waals surface area contributed by atoms with Crippen molar-refractivity contribution in [2.24, 2.45) is 0 Å². The van der Waals surface area contributed by atoms with E-state index >= 15 is 0 Å². The number of rotatable bonds is 10.